The van der Waals surface area contributed by atoms with Crippen molar-refractivity contribution in [3.05, 3.63) is 165 Å². The number of aryl methyl sites for hydroxylation is 2. The van der Waals surface area contributed by atoms with E-state index in [1.807, 2.05) is 13.8 Å². The van der Waals surface area contributed by atoms with Gasteiger partial charge in [0.1, 0.15) is 23.0 Å². The predicted molar refractivity (Wildman–Crippen MR) is 249 cm³/mol. The van der Waals surface area contributed by atoms with Crippen molar-refractivity contribution >= 4 is 33.0 Å². The predicted octanol–water partition coefficient (Wildman–Crippen LogP) is 14.9. The molecule has 0 fully saturated rings. The highest BCUT2D eigenvalue weighted by Gasteiger charge is 2.51. The van der Waals surface area contributed by atoms with E-state index in [2.05, 4.69) is 183 Å². The number of furan rings is 2. The van der Waals surface area contributed by atoms with Gasteiger partial charge in [-0.1, -0.05) is 135 Å². The highest BCUT2D eigenvalue weighted by molar-refractivity contribution is 6.25. The fraction of sp³-hybridized carbons (Fsp3) is 0.357. The largest absolute Gasteiger partial charge is 0.462 e. The first kappa shape index (κ1) is 39.6. The van der Waals surface area contributed by atoms with Crippen LogP contribution in [0.5, 0.6) is 0 Å². The van der Waals surface area contributed by atoms with Gasteiger partial charge in [0.05, 0.1) is 0 Å². The molecule has 0 amide bonds. The summed E-state index contributed by atoms with van der Waals surface area (Å²) in [5.74, 6) is 4.44. The monoisotopic (exact) mass is 791 g/mol. The van der Waals surface area contributed by atoms with E-state index >= 15 is 0 Å². The lowest BCUT2D eigenvalue weighted by atomic mass is 9.71. The lowest BCUT2D eigenvalue weighted by Gasteiger charge is -2.33. The lowest BCUT2D eigenvalue weighted by molar-refractivity contribution is 0.264. The van der Waals surface area contributed by atoms with Crippen LogP contribution in [-0.4, -0.2) is 10.2 Å². The van der Waals surface area contributed by atoms with Crippen molar-refractivity contribution in [2.24, 2.45) is 5.92 Å². The minimum Gasteiger partial charge on any atom is -0.462 e. The van der Waals surface area contributed by atoms with Crippen LogP contribution < -0.4 is 0 Å². The number of fused-ring (bicyclic) bond motifs is 4. The number of benzene rings is 4. The summed E-state index contributed by atoms with van der Waals surface area (Å²) in [5, 5.41) is 0. The molecule has 0 bridgehead atoms. The van der Waals surface area contributed by atoms with Gasteiger partial charge in [-0.15, -0.1) is 0 Å². The molecule has 4 aliphatic rings. The van der Waals surface area contributed by atoms with Crippen LogP contribution >= 0.6 is 0 Å². The van der Waals surface area contributed by atoms with Gasteiger partial charge in [-0.05, 0) is 163 Å². The third-order valence-corrected chi connectivity index (χ3v) is 15.5. The molecule has 3 heteroatoms. The van der Waals surface area contributed by atoms with E-state index < -0.39 is 0 Å². The minimum atomic E-state index is 0.0879. The van der Waals surface area contributed by atoms with Crippen LogP contribution in [0.1, 0.15) is 149 Å². The fourth-order valence-electron chi connectivity index (χ4n) is 11.9. The van der Waals surface area contributed by atoms with E-state index in [-0.39, 0.29) is 27.2 Å². The maximum atomic E-state index is 6.10. The Bertz CT molecular complexity index is 2710. The first-order valence-corrected chi connectivity index (χ1v) is 22.2. The van der Waals surface area contributed by atoms with Crippen molar-refractivity contribution in [2.45, 2.75) is 123 Å². The molecular weight excluding hydrogens is 733 g/mol. The first-order chi connectivity index (χ1) is 27.8. The van der Waals surface area contributed by atoms with Crippen LogP contribution in [0.25, 0.3) is 45.0 Å². The maximum absolute atomic E-state index is 6.10. The first-order valence-electron chi connectivity index (χ1n) is 21.6. The van der Waals surface area contributed by atoms with Crippen molar-refractivity contribution in [3.63, 3.8) is 0 Å². The summed E-state index contributed by atoms with van der Waals surface area (Å²) in [5.41, 5.74) is 21.7. The summed E-state index contributed by atoms with van der Waals surface area (Å²) in [6, 6.07) is 35.2. The summed E-state index contributed by atoms with van der Waals surface area (Å²) in [7, 11) is 4.13. The lowest BCUT2D eigenvalue weighted by Crippen LogP contribution is -2.31. The molecule has 10 rings (SSSR count). The Morgan fingerprint density at radius 2 is 1.17 bits per heavy atom. The molecule has 59 heavy (non-hydrogen) atoms. The molecule has 2 unspecified atom stereocenters. The molecule has 6 aromatic rings. The second-order valence-electron chi connectivity index (χ2n) is 20.4. The molecule has 0 aliphatic heterocycles. The smallest absolute Gasteiger partial charge is 0.130 e. The van der Waals surface area contributed by atoms with Crippen molar-refractivity contribution in [3.8, 4) is 22.3 Å². The average molecular weight is 792 g/mol. The van der Waals surface area contributed by atoms with Crippen molar-refractivity contribution in [2.75, 3.05) is 0 Å². The Labute approximate surface area is 356 Å². The van der Waals surface area contributed by atoms with Crippen LogP contribution in [0.15, 0.2) is 106 Å². The summed E-state index contributed by atoms with van der Waals surface area (Å²) in [6.45, 7) is 28.0. The molecule has 3 radical (unpaired) electrons. The maximum Gasteiger partial charge on any atom is 0.130 e. The summed E-state index contributed by atoms with van der Waals surface area (Å²) < 4.78 is 12.1. The third kappa shape index (κ3) is 6.08. The van der Waals surface area contributed by atoms with Crippen molar-refractivity contribution in [1.82, 2.24) is 0 Å². The summed E-state index contributed by atoms with van der Waals surface area (Å²) in [4.78, 5) is 0. The van der Waals surface area contributed by atoms with E-state index in [0.29, 0.717) is 5.92 Å². The van der Waals surface area contributed by atoms with Gasteiger partial charge < -0.3 is 8.83 Å². The zero-order valence-electron chi connectivity index (χ0n) is 37.2. The topological polar surface area (TPSA) is 26.3 Å². The Morgan fingerprint density at radius 3 is 1.75 bits per heavy atom. The number of hydrogen-bond acceptors (Lipinski definition) is 2. The van der Waals surface area contributed by atoms with Gasteiger partial charge in [0, 0.05) is 27.8 Å². The van der Waals surface area contributed by atoms with Crippen LogP contribution in [0, 0.1) is 19.8 Å². The average Bonchev–Trinajstić information content (AvgIpc) is 4.02. The molecule has 0 N–H and O–H groups in total. The van der Waals surface area contributed by atoms with Gasteiger partial charge in [0.2, 0.25) is 0 Å². The van der Waals surface area contributed by atoms with Crippen LogP contribution in [0.2, 0.25) is 0 Å². The third-order valence-electron chi connectivity index (χ3n) is 14.9. The van der Waals surface area contributed by atoms with Crippen LogP contribution in [-0.2, 0) is 28.1 Å². The van der Waals surface area contributed by atoms with Crippen LogP contribution in [0.4, 0.5) is 0 Å². The molecule has 0 saturated carbocycles. The second kappa shape index (κ2) is 13.6. The van der Waals surface area contributed by atoms with Crippen molar-refractivity contribution < 1.29 is 8.83 Å². The fourth-order valence-corrected chi connectivity index (χ4v) is 12.4. The standard InChI is InChI=1S/C29H31OSi.C27H28O/c1-16-13-14-22(30-16)24-17(2)23-20(27(24)31)15-21-26(25(23)19-11-9-8-10-12-19)29(6,7)18(3)28(21,4)5;1-17-11-12-23(28-17)20-13-19-15-22-25(27(4,5)16-26(22,2)3)24(21(19)14-20)18-9-7-6-8-10-18/h8-15,18,27H,1-7H3;6-12,14-15H,13,16H2,1-5H3. The molecule has 4 aromatic carbocycles. The van der Waals surface area contributed by atoms with Gasteiger partial charge >= 0.3 is 0 Å². The normalized spacial score (nSPS) is 21.1. The zero-order valence-corrected chi connectivity index (χ0v) is 38.2. The van der Waals surface area contributed by atoms with E-state index in [1.54, 1.807) is 0 Å². The Kier molecular flexibility index (Phi) is 9.11. The van der Waals surface area contributed by atoms with E-state index in [9.17, 15) is 0 Å². The molecule has 0 saturated heterocycles. The van der Waals surface area contributed by atoms with E-state index in [1.165, 1.54) is 89.9 Å². The minimum absolute atomic E-state index is 0.0879. The van der Waals surface area contributed by atoms with Crippen molar-refractivity contribution in [1.29, 1.82) is 0 Å². The number of rotatable bonds is 4. The van der Waals surface area contributed by atoms with Gasteiger partial charge in [-0.25, -0.2) is 0 Å². The second-order valence-corrected chi connectivity index (χ2v) is 20.9. The molecular formula is C56H59O2Si. The molecule has 2 aromatic heterocycles. The quantitative estimate of drug-likeness (QED) is 0.166. The summed E-state index contributed by atoms with van der Waals surface area (Å²) >= 11 is 0. The van der Waals surface area contributed by atoms with Gasteiger partial charge in [-0.3, -0.25) is 0 Å². The highest BCUT2D eigenvalue weighted by Crippen LogP contribution is 2.61. The molecule has 4 aliphatic carbocycles. The Balaban J connectivity index is 0.000000153. The van der Waals surface area contributed by atoms with E-state index in [4.69, 9.17) is 8.83 Å². The Hall–Kier alpha value is -4.86. The van der Waals surface area contributed by atoms with Crippen LogP contribution in [0.3, 0.4) is 0 Å². The zero-order chi connectivity index (χ0) is 42.0. The summed E-state index contributed by atoms with van der Waals surface area (Å²) in [6.07, 6.45) is 4.51. The number of allylic oxidation sites excluding steroid dienone is 3. The van der Waals surface area contributed by atoms with Gasteiger partial charge in [0.15, 0.2) is 0 Å². The highest BCUT2D eigenvalue weighted by atomic mass is 28.1. The van der Waals surface area contributed by atoms with Gasteiger partial charge in [-0.2, -0.15) is 0 Å². The molecule has 299 valence electrons. The Morgan fingerprint density at radius 1 is 0.593 bits per heavy atom. The van der Waals surface area contributed by atoms with Gasteiger partial charge in [0.25, 0.3) is 0 Å². The molecule has 0 spiro atoms. The van der Waals surface area contributed by atoms with E-state index in [0.717, 1.165) is 29.5 Å². The molecule has 2 atom stereocenters. The number of hydrogen-bond donors (Lipinski definition) is 0. The molecule has 2 nitrogen and oxygen atoms in total. The molecule has 2 heterocycles. The SMILES string of the molecule is CC1=C(c2ccc(C)o2)C([Si])c2cc3c(c(-c4ccccc4)c21)C(C)(C)C(C)C3(C)C.Cc1ccc(C2=Cc3c(cc4c(c3-c3ccccc3)C(C)(C)CC4(C)C)C2)o1.